The number of ether oxygens (including phenoxy) is 1. The number of aromatic nitrogens is 1. The minimum atomic E-state index is -0.447. The highest BCUT2D eigenvalue weighted by molar-refractivity contribution is 5.68. The second-order valence-corrected chi connectivity index (χ2v) is 6.94. The highest BCUT2D eigenvalue weighted by Crippen LogP contribution is 2.19. The van der Waals surface area contributed by atoms with Crippen LogP contribution in [0.15, 0.2) is 24.5 Å². The van der Waals surface area contributed by atoms with Gasteiger partial charge >= 0.3 is 6.09 Å². The molecule has 5 nitrogen and oxygen atoms in total. The second-order valence-electron chi connectivity index (χ2n) is 6.94. The molecule has 0 saturated heterocycles. The van der Waals surface area contributed by atoms with Crippen LogP contribution in [0.25, 0.3) is 0 Å². The highest BCUT2D eigenvalue weighted by Gasteiger charge is 2.25. The molecule has 22 heavy (non-hydrogen) atoms. The fourth-order valence-corrected chi connectivity index (χ4v) is 2.74. The molecule has 0 spiro atoms. The molecule has 0 aromatic carbocycles. The SMILES string of the molecule is CC(C)(C)OC(=O)NC1CCCC(NCc2ccncc2)C1. The van der Waals surface area contributed by atoms with Crippen molar-refractivity contribution < 1.29 is 9.53 Å². The fraction of sp³-hybridized carbons (Fsp3) is 0.647. The van der Waals surface area contributed by atoms with E-state index in [2.05, 4.69) is 15.6 Å². The van der Waals surface area contributed by atoms with Crippen LogP contribution in [0.3, 0.4) is 0 Å². The van der Waals surface area contributed by atoms with Gasteiger partial charge in [-0.05, 0) is 64.2 Å². The average molecular weight is 305 g/mol. The third-order valence-electron chi connectivity index (χ3n) is 3.74. The molecule has 1 aliphatic rings. The van der Waals surface area contributed by atoms with Crippen molar-refractivity contribution in [3.05, 3.63) is 30.1 Å². The van der Waals surface area contributed by atoms with Crippen LogP contribution >= 0.6 is 0 Å². The third kappa shape index (κ3) is 6.02. The summed E-state index contributed by atoms with van der Waals surface area (Å²) in [6.07, 6.45) is 7.55. The lowest BCUT2D eigenvalue weighted by molar-refractivity contribution is 0.0488. The monoisotopic (exact) mass is 305 g/mol. The van der Waals surface area contributed by atoms with Crippen LogP contribution in [0.1, 0.15) is 52.0 Å². The molecule has 1 aliphatic carbocycles. The van der Waals surface area contributed by atoms with Gasteiger partial charge in [0.2, 0.25) is 0 Å². The van der Waals surface area contributed by atoms with Crippen LogP contribution in [0.2, 0.25) is 0 Å². The third-order valence-corrected chi connectivity index (χ3v) is 3.74. The first-order valence-corrected chi connectivity index (χ1v) is 8.04. The van der Waals surface area contributed by atoms with E-state index in [1.165, 1.54) is 5.56 Å². The Kier molecular flexibility index (Phi) is 5.77. The number of pyridine rings is 1. The normalized spacial score (nSPS) is 22.1. The Morgan fingerprint density at radius 3 is 2.64 bits per heavy atom. The quantitative estimate of drug-likeness (QED) is 0.897. The highest BCUT2D eigenvalue weighted by atomic mass is 16.6. The molecule has 1 saturated carbocycles. The summed E-state index contributed by atoms with van der Waals surface area (Å²) in [7, 11) is 0. The smallest absolute Gasteiger partial charge is 0.407 e. The lowest BCUT2D eigenvalue weighted by Gasteiger charge is -2.31. The van der Waals surface area contributed by atoms with Gasteiger partial charge in [0.15, 0.2) is 0 Å². The van der Waals surface area contributed by atoms with Gasteiger partial charge in [-0.1, -0.05) is 0 Å². The Balaban J connectivity index is 1.75. The van der Waals surface area contributed by atoms with Crippen molar-refractivity contribution in [2.75, 3.05) is 0 Å². The topological polar surface area (TPSA) is 63.2 Å². The summed E-state index contributed by atoms with van der Waals surface area (Å²) >= 11 is 0. The summed E-state index contributed by atoms with van der Waals surface area (Å²) in [5.74, 6) is 0. The molecular formula is C17H27N3O2. The number of hydrogen-bond donors (Lipinski definition) is 2. The molecule has 5 heteroatoms. The molecular weight excluding hydrogens is 278 g/mol. The zero-order valence-corrected chi connectivity index (χ0v) is 13.8. The Labute approximate surface area is 132 Å². The Bertz CT molecular complexity index is 471. The van der Waals surface area contributed by atoms with E-state index < -0.39 is 5.60 Å². The molecule has 0 aliphatic heterocycles. The number of alkyl carbamates (subject to hydrolysis) is 1. The van der Waals surface area contributed by atoms with E-state index in [4.69, 9.17) is 4.74 Å². The van der Waals surface area contributed by atoms with Crippen LogP contribution < -0.4 is 10.6 Å². The summed E-state index contributed by atoms with van der Waals surface area (Å²) in [5.41, 5.74) is 0.787. The molecule has 2 unspecified atom stereocenters. The van der Waals surface area contributed by atoms with E-state index in [-0.39, 0.29) is 12.1 Å². The number of rotatable bonds is 4. The summed E-state index contributed by atoms with van der Waals surface area (Å²) in [4.78, 5) is 15.9. The number of nitrogens with one attached hydrogen (secondary N) is 2. The van der Waals surface area contributed by atoms with Crippen molar-refractivity contribution >= 4 is 6.09 Å². The van der Waals surface area contributed by atoms with Gasteiger partial charge in [0.05, 0.1) is 0 Å². The van der Waals surface area contributed by atoms with E-state index in [1.54, 1.807) is 0 Å². The summed E-state index contributed by atoms with van der Waals surface area (Å²) in [5, 5.41) is 6.56. The van der Waals surface area contributed by atoms with Gasteiger partial charge in [-0.25, -0.2) is 4.79 Å². The van der Waals surface area contributed by atoms with Crippen molar-refractivity contribution in [1.29, 1.82) is 0 Å². The largest absolute Gasteiger partial charge is 0.444 e. The van der Waals surface area contributed by atoms with Crippen molar-refractivity contribution in [2.45, 2.75) is 70.7 Å². The van der Waals surface area contributed by atoms with Gasteiger partial charge < -0.3 is 15.4 Å². The predicted molar refractivity (Wildman–Crippen MR) is 86.5 cm³/mol. The van der Waals surface area contributed by atoms with Gasteiger partial charge in [-0.3, -0.25) is 4.98 Å². The molecule has 1 aromatic heterocycles. The first kappa shape index (κ1) is 16.7. The van der Waals surface area contributed by atoms with Crippen LogP contribution in [-0.4, -0.2) is 28.8 Å². The molecule has 0 bridgehead atoms. The number of nitrogens with zero attached hydrogens (tertiary/aromatic N) is 1. The molecule has 2 atom stereocenters. The van der Waals surface area contributed by atoms with Crippen molar-refractivity contribution in [2.24, 2.45) is 0 Å². The zero-order chi connectivity index (χ0) is 16.0. The predicted octanol–water partition coefficient (Wildman–Crippen LogP) is 3.01. The Hall–Kier alpha value is -1.62. The Morgan fingerprint density at radius 1 is 1.27 bits per heavy atom. The molecule has 122 valence electrons. The molecule has 0 radical (unpaired) electrons. The van der Waals surface area contributed by atoms with E-state index in [0.29, 0.717) is 6.04 Å². The van der Waals surface area contributed by atoms with Gasteiger partial charge in [-0.15, -0.1) is 0 Å². The first-order chi connectivity index (χ1) is 10.4. The van der Waals surface area contributed by atoms with Crippen LogP contribution in [-0.2, 0) is 11.3 Å². The summed E-state index contributed by atoms with van der Waals surface area (Å²) in [6, 6.07) is 4.67. The number of hydrogen-bond acceptors (Lipinski definition) is 4. The van der Waals surface area contributed by atoms with Crippen LogP contribution in [0, 0.1) is 0 Å². The van der Waals surface area contributed by atoms with Gasteiger partial charge in [0.25, 0.3) is 0 Å². The lowest BCUT2D eigenvalue weighted by Crippen LogP contribution is -2.45. The lowest BCUT2D eigenvalue weighted by atomic mass is 9.91. The summed E-state index contributed by atoms with van der Waals surface area (Å²) in [6.45, 7) is 6.48. The van der Waals surface area contributed by atoms with Gasteiger partial charge in [-0.2, -0.15) is 0 Å². The molecule has 2 N–H and O–H groups in total. The van der Waals surface area contributed by atoms with Crippen LogP contribution in [0.5, 0.6) is 0 Å². The van der Waals surface area contributed by atoms with Crippen molar-refractivity contribution in [1.82, 2.24) is 15.6 Å². The van der Waals surface area contributed by atoms with E-state index in [1.807, 2.05) is 45.3 Å². The first-order valence-electron chi connectivity index (χ1n) is 8.04. The average Bonchev–Trinajstić information content (AvgIpc) is 2.44. The van der Waals surface area contributed by atoms with Crippen LogP contribution in [0.4, 0.5) is 4.79 Å². The standard InChI is InChI=1S/C17H27N3O2/c1-17(2,3)22-16(21)20-15-6-4-5-14(11-15)19-12-13-7-9-18-10-8-13/h7-10,14-15,19H,4-6,11-12H2,1-3H3,(H,20,21). The second kappa shape index (κ2) is 7.58. The van der Waals surface area contributed by atoms with E-state index in [0.717, 1.165) is 32.2 Å². The minimum absolute atomic E-state index is 0.193. The number of carbonyl (C=O) groups excluding carboxylic acids is 1. The van der Waals surface area contributed by atoms with Gasteiger partial charge in [0.1, 0.15) is 5.60 Å². The number of carbonyl (C=O) groups is 1. The maximum Gasteiger partial charge on any atom is 0.407 e. The zero-order valence-electron chi connectivity index (χ0n) is 13.8. The van der Waals surface area contributed by atoms with Crippen molar-refractivity contribution in [3.8, 4) is 0 Å². The molecule has 1 fully saturated rings. The molecule has 1 amide bonds. The van der Waals surface area contributed by atoms with E-state index in [9.17, 15) is 4.79 Å². The van der Waals surface area contributed by atoms with Gasteiger partial charge in [0, 0.05) is 31.0 Å². The fourth-order valence-electron chi connectivity index (χ4n) is 2.74. The molecule has 1 heterocycles. The minimum Gasteiger partial charge on any atom is -0.444 e. The maximum absolute atomic E-state index is 11.9. The molecule has 2 rings (SSSR count). The number of amides is 1. The van der Waals surface area contributed by atoms with E-state index >= 15 is 0 Å². The Morgan fingerprint density at radius 2 is 1.95 bits per heavy atom. The summed E-state index contributed by atoms with van der Waals surface area (Å²) < 4.78 is 5.33. The molecule has 1 aromatic rings. The van der Waals surface area contributed by atoms with Crippen molar-refractivity contribution in [3.63, 3.8) is 0 Å². The maximum atomic E-state index is 11.9.